The lowest BCUT2D eigenvalue weighted by atomic mass is 9.99. The highest BCUT2D eigenvalue weighted by molar-refractivity contribution is 8.00. The maximum absolute atomic E-state index is 12.0. The van der Waals surface area contributed by atoms with Crippen LogP contribution in [0.2, 0.25) is 0 Å². The van der Waals surface area contributed by atoms with Crippen LogP contribution in [0.4, 0.5) is 0 Å². The van der Waals surface area contributed by atoms with Crippen LogP contribution in [0, 0.1) is 0 Å². The molecule has 1 aliphatic heterocycles. The van der Waals surface area contributed by atoms with Crippen LogP contribution in [0.25, 0.3) is 0 Å². The molecular weight excluding hydrogens is 312 g/mol. The van der Waals surface area contributed by atoms with E-state index in [0.717, 1.165) is 25.7 Å². The fourth-order valence-electron chi connectivity index (χ4n) is 2.60. The Morgan fingerprint density at radius 3 is 2.48 bits per heavy atom. The molecule has 1 saturated heterocycles. The average molecular weight is 334 g/mol. The first kappa shape index (κ1) is 16.3. The minimum absolute atomic E-state index is 0.116. The lowest BCUT2D eigenvalue weighted by molar-refractivity contribution is -0.139. The predicted octanol–water partition coefficient (Wildman–Crippen LogP) is 1.72. The van der Waals surface area contributed by atoms with Gasteiger partial charge in [0.05, 0.1) is 0 Å². The molecule has 2 N–H and O–H groups in total. The zero-order valence-corrected chi connectivity index (χ0v) is 13.9. The molecule has 0 bridgehead atoms. The summed E-state index contributed by atoms with van der Waals surface area (Å²) in [7, 11) is 0. The van der Waals surface area contributed by atoms with E-state index in [9.17, 15) is 9.59 Å². The monoisotopic (exact) mass is 334 g/mol. The molecule has 0 unspecified atom stereocenters. The van der Waals surface area contributed by atoms with Crippen molar-refractivity contribution in [2.75, 3.05) is 19.8 Å². The Labute approximate surface area is 140 Å². The van der Waals surface area contributed by atoms with Crippen molar-refractivity contribution in [1.82, 2.24) is 10.6 Å². The van der Waals surface area contributed by atoms with Crippen LogP contribution in [0.5, 0.6) is 0 Å². The number of benzene rings is 1. The van der Waals surface area contributed by atoms with Crippen molar-refractivity contribution in [2.45, 2.75) is 41.4 Å². The summed E-state index contributed by atoms with van der Waals surface area (Å²) in [5, 5.41) is 5.54. The summed E-state index contributed by atoms with van der Waals surface area (Å²) in [6, 6.07) is 10.4. The van der Waals surface area contributed by atoms with Gasteiger partial charge in [0, 0.05) is 35.4 Å². The van der Waals surface area contributed by atoms with E-state index in [1.54, 1.807) is 11.8 Å². The number of carbonyl (C=O) groups excluding carboxylic acids is 2. The van der Waals surface area contributed by atoms with E-state index in [1.807, 2.05) is 18.2 Å². The second kappa shape index (κ2) is 7.36. The van der Waals surface area contributed by atoms with E-state index >= 15 is 0 Å². The molecule has 0 aromatic heterocycles. The van der Waals surface area contributed by atoms with Gasteiger partial charge in [-0.2, -0.15) is 0 Å². The van der Waals surface area contributed by atoms with Gasteiger partial charge in [-0.05, 0) is 37.8 Å². The zero-order chi connectivity index (χ0) is 16.1. The van der Waals surface area contributed by atoms with Crippen molar-refractivity contribution in [3.05, 3.63) is 30.3 Å². The Morgan fingerprint density at radius 2 is 1.83 bits per heavy atom. The number of thioether (sulfide) groups is 1. The molecule has 1 aliphatic carbocycles. The Balaban J connectivity index is 1.59. The third-order valence-electron chi connectivity index (χ3n) is 4.17. The van der Waals surface area contributed by atoms with Crippen molar-refractivity contribution >= 4 is 23.6 Å². The van der Waals surface area contributed by atoms with Crippen molar-refractivity contribution in [1.29, 1.82) is 0 Å². The second-order valence-corrected chi connectivity index (χ2v) is 7.68. The topological polar surface area (TPSA) is 67.4 Å². The molecule has 6 heteroatoms. The molecule has 2 fully saturated rings. The minimum Gasteiger partial charge on any atom is -0.381 e. The van der Waals surface area contributed by atoms with Crippen LogP contribution < -0.4 is 10.6 Å². The number of carbonyl (C=O) groups is 2. The van der Waals surface area contributed by atoms with Gasteiger partial charge in [-0.15, -0.1) is 11.8 Å². The van der Waals surface area contributed by atoms with Gasteiger partial charge in [0.1, 0.15) is 0 Å². The molecule has 1 aromatic carbocycles. The number of hydrogen-bond acceptors (Lipinski definition) is 4. The number of hydrogen-bond donors (Lipinski definition) is 2. The Bertz CT molecular complexity index is 554. The normalized spacial score (nSPS) is 19.8. The van der Waals surface area contributed by atoms with Gasteiger partial charge in [-0.3, -0.25) is 9.59 Å². The maximum Gasteiger partial charge on any atom is 0.309 e. The summed E-state index contributed by atoms with van der Waals surface area (Å²) in [4.78, 5) is 24.9. The number of nitrogens with one attached hydrogen (secondary N) is 2. The molecule has 1 saturated carbocycles. The van der Waals surface area contributed by atoms with E-state index < -0.39 is 11.8 Å². The second-order valence-electron chi connectivity index (χ2n) is 6.14. The van der Waals surface area contributed by atoms with E-state index in [2.05, 4.69) is 22.8 Å². The SMILES string of the molecule is O=C(NCC1(Sc2ccccc2)CCOCC1)C(=O)NC1CC1. The van der Waals surface area contributed by atoms with Crippen molar-refractivity contribution in [3.8, 4) is 0 Å². The summed E-state index contributed by atoms with van der Waals surface area (Å²) in [6.07, 6.45) is 3.67. The standard InChI is InChI=1S/C17H22N2O3S/c20-15(16(21)19-13-6-7-13)18-12-17(8-10-22-11-9-17)23-14-4-2-1-3-5-14/h1-5,13H,6-12H2,(H,18,20)(H,19,21). The van der Waals surface area contributed by atoms with Gasteiger partial charge >= 0.3 is 11.8 Å². The van der Waals surface area contributed by atoms with Crippen LogP contribution in [0.15, 0.2) is 35.2 Å². The molecule has 23 heavy (non-hydrogen) atoms. The molecule has 0 atom stereocenters. The summed E-state index contributed by atoms with van der Waals surface area (Å²) >= 11 is 1.77. The van der Waals surface area contributed by atoms with E-state index in [-0.39, 0.29) is 10.8 Å². The van der Waals surface area contributed by atoms with Crippen molar-refractivity contribution in [3.63, 3.8) is 0 Å². The summed E-state index contributed by atoms with van der Waals surface area (Å²) in [5.74, 6) is -1.05. The predicted molar refractivity (Wildman–Crippen MR) is 89.3 cm³/mol. The van der Waals surface area contributed by atoms with Crippen molar-refractivity contribution < 1.29 is 14.3 Å². The van der Waals surface area contributed by atoms with Gasteiger partial charge in [0.15, 0.2) is 0 Å². The molecule has 1 aromatic rings. The average Bonchev–Trinajstić information content (AvgIpc) is 3.38. The smallest absolute Gasteiger partial charge is 0.309 e. The lowest BCUT2D eigenvalue weighted by Gasteiger charge is -2.36. The van der Waals surface area contributed by atoms with Gasteiger partial charge in [0.25, 0.3) is 0 Å². The number of rotatable bonds is 5. The van der Waals surface area contributed by atoms with E-state index in [0.29, 0.717) is 19.8 Å². The highest BCUT2D eigenvalue weighted by atomic mass is 32.2. The van der Waals surface area contributed by atoms with E-state index in [4.69, 9.17) is 4.74 Å². The number of ether oxygens (including phenoxy) is 1. The summed E-state index contributed by atoms with van der Waals surface area (Å²) < 4.78 is 5.36. The molecule has 0 radical (unpaired) electrons. The van der Waals surface area contributed by atoms with Crippen molar-refractivity contribution in [2.24, 2.45) is 0 Å². The summed E-state index contributed by atoms with van der Waals surface area (Å²) in [6.45, 7) is 1.85. The highest BCUT2D eigenvalue weighted by Crippen LogP contribution is 2.40. The van der Waals surface area contributed by atoms with Gasteiger partial charge in [0.2, 0.25) is 0 Å². The third kappa shape index (κ3) is 4.72. The summed E-state index contributed by atoms with van der Waals surface area (Å²) in [5.41, 5.74) is 0. The molecule has 0 spiro atoms. The fourth-order valence-corrected chi connectivity index (χ4v) is 3.91. The van der Waals surface area contributed by atoms with Gasteiger partial charge in [-0.25, -0.2) is 0 Å². The minimum atomic E-state index is -0.531. The van der Waals surface area contributed by atoms with Crippen LogP contribution in [-0.2, 0) is 14.3 Å². The van der Waals surface area contributed by atoms with Crippen LogP contribution in [-0.4, -0.2) is 42.4 Å². The first-order chi connectivity index (χ1) is 11.2. The molecule has 5 nitrogen and oxygen atoms in total. The molecule has 2 amide bonds. The van der Waals surface area contributed by atoms with Gasteiger partial charge in [-0.1, -0.05) is 18.2 Å². The maximum atomic E-state index is 12.0. The quantitative estimate of drug-likeness (QED) is 0.805. The zero-order valence-electron chi connectivity index (χ0n) is 13.0. The van der Waals surface area contributed by atoms with Gasteiger partial charge < -0.3 is 15.4 Å². The Kier molecular flexibility index (Phi) is 5.23. The first-order valence-electron chi connectivity index (χ1n) is 8.07. The molecule has 3 rings (SSSR count). The lowest BCUT2D eigenvalue weighted by Crippen LogP contribution is -2.48. The van der Waals surface area contributed by atoms with E-state index in [1.165, 1.54) is 4.90 Å². The Hall–Kier alpha value is -1.53. The number of amides is 2. The molecule has 1 heterocycles. The molecule has 2 aliphatic rings. The largest absolute Gasteiger partial charge is 0.381 e. The highest BCUT2D eigenvalue weighted by Gasteiger charge is 2.35. The first-order valence-corrected chi connectivity index (χ1v) is 8.89. The molecular formula is C17H22N2O3S. The fraction of sp³-hybridized carbons (Fsp3) is 0.529. The van der Waals surface area contributed by atoms with Crippen LogP contribution >= 0.6 is 11.8 Å². The van der Waals surface area contributed by atoms with Crippen LogP contribution in [0.1, 0.15) is 25.7 Å². The van der Waals surface area contributed by atoms with Crippen LogP contribution in [0.3, 0.4) is 0 Å². The Morgan fingerprint density at radius 1 is 1.13 bits per heavy atom. The third-order valence-corrected chi connectivity index (χ3v) is 5.66. The molecule has 124 valence electrons.